The molecule has 130 valence electrons. The summed E-state index contributed by atoms with van der Waals surface area (Å²) >= 11 is 0. The molecular formula is C19H27N3O2. The number of hydrogen-bond acceptors (Lipinski definition) is 2. The molecule has 2 saturated heterocycles. The third-order valence-electron chi connectivity index (χ3n) is 5.45. The van der Waals surface area contributed by atoms with Crippen LogP contribution in [-0.4, -0.2) is 46.9 Å². The van der Waals surface area contributed by atoms with Gasteiger partial charge in [-0.3, -0.25) is 4.79 Å². The topological polar surface area (TPSA) is 52.7 Å². The summed E-state index contributed by atoms with van der Waals surface area (Å²) in [6.07, 6.45) is 4.53. The summed E-state index contributed by atoms with van der Waals surface area (Å²) in [4.78, 5) is 29.0. The van der Waals surface area contributed by atoms with E-state index in [-0.39, 0.29) is 17.5 Å². The maximum Gasteiger partial charge on any atom is 0.321 e. The molecule has 5 nitrogen and oxygen atoms in total. The van der Waals surface area contributed by atoms with E-state index in [1.54, 1.807) is 0 Å². The third kappa shape index (κ3) is 3.12. The van der Waals surface area contributed by atoms with Gasteiger partial charge >= 0.3 is 6.03 Å². The standard InChI is InChI=1S/C19H27N3O2/c1-3-22-17(23)10-6-11-19(22)12-7-13-21(14-19)18(24)20-16-9-5-4-8-15(16)2/h4-5,8-9H,3,6-7,10-14H2,1-2H3,(H,20,24). The Bertz CT molecular complexity index is 627. The number of amides is 3. The number of anilines is 1. The van der Waals surface area contributed by atoms with Crippen molar-refractivity contribution < 1.29 is 9.59 Å². The van der Waals surface area contributed by atoms with E-state index in [0.29, 0.717) is 13.0 Å². The molecular weight excluding hydrogens is 302 g/mol. The first-order valence-electron chi connectivity index (χ1n) is 8.98. The normalized spacial score (nSPS) is 24.3. The minimum Gasteiger partial charge on any atom is -0.336 e. The molecule has 2 heterocycles. The first-order chi connectivity index (χ1) is 11.6. The Morgan fingerprint density at radius 3 is 2.75 bits per heavy atom. The fraction of sp³-hybridized carbons (Fsp3) is 0.579. The summed E-state index contributed by atoms with van der Waals surface area (Å²) in [7, 11) is 0. The van der Waals surface area contributed by atoms with Gasteiger partial charge in [-0.15, -0.1) is 0 Å². The van der Waals surface area contributed by atoms with E-state index in [2.05, 4.69) is 5.32 Å². The fourth-order valence-corrected chi connectivity index (χ4v) is 4.23. The van der Waals surface area contributed by atoms with Gasteiger partial charge in [-0.05, 0) is 51.2 Å². The zero-order chi connectivity index (χ0) is 17.2. The molecule has 1 aromatic carbocycles. The zero-order valence-electron chi connectivity index (χ0n) is 14.7. The highest BCUT2D eigenvalue weighted by Gasteiger charge is 2.45. The van der Waals surface area contributed by atoms with Crippen LogP contribution in [-0.2, 0) is 4.79 Å². The third-order valence-corrected chi connectivity index (χ3v) is 5.45. The lowest BCUT2D eigenvalue weighted by molar-refractivity contribution is -0.144. The molecule has 0 aromatic heterocycles. The number of rotatable bonds is 2. The number of likely N-dealkylation sites (N-methyl/N-ethyl adjacent to an activating group) is 1. The van der Waals surface area contributed by atoms with E-state index in [1.807, 2.05) is 47.9 Å². The maximum atomic E-state index is 12.7. The molecule has 1 aromatic rings. The molecule has 0 saturated carbocycles. The number of aryl methyl sites for hydroxylation is 1. The second-order valence-corrected chi connectivity index (χ2v) is 6.99. The van der Waals surface area contributed by atoms with Crippen LogP contribution < -0.4 is 5.32 Å². The number of piperidine rings is 2. The van der Waals surface area contributed by atoms with Crippen LogP contribution in [0.5, 0.6) is 0 Å². The van der Waals surface area contributed by atoms with Crippen LogP contribution in [0.3, 0.4) is 0 Å². The van der Waals surface area contributed by atoms with E-state index >= 15 is 0 Å². The van der Waals surface area contributed by atoms with Gasteiger partial charge in [0.25, 0.3) is 0 Å². The van der Waals surface area contributed by atoms with Gasteiger partial charge in [0.05, 0.1) is 5.54 Å². The average Bonchev–Trinajstić information content (AvgIpc) is 2.57. The second kappa shape index (κ2) is 6.83. The number of nitrogens with zero attached hydrogens (tertiary/aromatic N) is 2. The predicted octanol–water partition coefficient (Wildman–Crippen LogP) is 3.39. The minimum absolute atomic E-state index is 0.0579. The molecule has 0 aliphatic carbocycles. The van der Waals surface area contributed by atoms with Crippen LogP contribution in [0.4, 0.5) is 10.5 Å². The number of para-hydroxylation sites is 1. The Balaban J connectivity index is 1.74. The molecule has 3 rings (SSSR count). The van der Waals surface area contributed by atoms with E-state index in [4.69, 9.17) is 0 Å². The summed E-state index contributed by atoms with van der Waals surface area (Å²) in [5, 5.41) is 3.03. The Morgan fingerprint density at radius 1 is 1.25 bits per heavy atom. The quantitative estimate of drug-likeness (QED) is 0.904. The summed E-state index contributed by atoms with van der Waals surface area (Å²) < 4.78 is 0. The van der Waals surface area contributed by atoms with Gasteiger partial charge in [0.15, 0.2) is 0 Å². The van der Waals surface area contributed by atoms with Crippen molar-refractivity contribution in [1.29, 1.82) is 0 Å². The van der Waals surface area contributed by atoms with Crippen LogP contribution >= 0.6 is 0 Å². The molecule has 3 amide bonds. The Hall–Kier alpha value is -2.04. The number of benzene rings is 1. The first kappa shape index (κ1) is 16.8. The monoisotopic (exact) mass is 329 g/mol. The summed E-state index contributed by atoms with van der Waals surface area (Å²) in [5.74, 6) is 0.241. The molecule has 24 heavy (non-hydrogen) atoms. The van der Waals surface area contributed by atoms with Gasteiger partial charge in [-0.25, -0.2) is 4.79 Å². The summed E-state index contributed by atoms with van der Waals surface area (Å²) in [6.45, 7) is 6.16. The van der Waals surface area contributed by atoms with Crippen LogP contribution in [0.25, 0.3) is 0 Å². The Morgan fingerprint density at radius 2 is 2.00 bits per heavy atom. The lowest BCUT2D eigenvalue weighted by Crippen LogP contribution is -2.63. The SMILES string of the molecule is CCN1C(=O)CCCC12CCCN(C(=O)Nc1ccccc1C)C2. The van der Waals surface area contributed by atoms with Gasteiger partial charge in [-0.2, -0.15) is 0 Å². The van der Waals surface area contributed by atoms with Crippen LogP contribution in [0, 0.1) is 6.92 Å². The van der Waals surface area contributed by atoms with Crippen molar-refractivity contribution in [2.75, 3.05) is 25.0 Å². The van der Waals surface area contributed by atoms with Gasteiger partial charge in [0.1, 0.15) is 0 Å². The highest BCUT2D eigenvalue weighted by atomic mass is 16.2. The number of hydrogen-bond donors (Lipinski definition) is 1. The minimum atomic E-state index is -0.161. The molecule has 0 radical (unpaired) electrons. The van der Waals surface area contributed by atoms with Crippen LogP contribution in [0.15, 0.2) is 24.3 Å². The maximum absolute atomic E-state index is 12.7. The summed E-state index contributed by atoms with van der Waals surface area (Å²) in [5.41, 5.74) is 1.75. The van der Waals surface area contributed by atoms with E-state index in [9.17, 15) is 9.59 Å². The molecule has 2 aliphatic rings. The van der Waals surface area contributed by atoms with Crippen molar-refractivity contribution in [2.24, 2.45) is 0 Å². The van der Waals surface area contributed by atoms with Crippen molar-refractivity contribution in [3.8, 4) is 0 Å². The lowest BCUT2D eigenvalue weighted by Gasteiger charge is -2.51. The largest absolute Gasteiger partial charge is 0.336 e. The number of carbonyl (C=O) groups excluding carboxylic acids is 2. The second-order valence-electron chi connectivity index (χ2n) is 6.99. The smallest absolute Gasteiger partial charge is 0.321 e. The molecule has 1 unspecified atom stereocenters. The summed E-state index contributed by atoms with van der Waals surface area (Å²) in [6, 6.07) is 7.76. The lowest BCUT2D eigenvalue weighted by atomic mass is 9.79. The highest BCUT2D eigenvalue weighted by Crippen LogP contribution is 2.36. The van der Waals surface area contributed by atoms with Gasteiger partial charge in [0.2, 0.25) is 5.91 Å². The number of likely N-dealkylation sites (tertiary alicyclic amines) is 2. The van der Waals surface area contributed by atoms with E-state index in [0.717, 1.165) is 50.0 Å². The molecule has 1 N–H and O–H groups in total. The average molecular weight is 329 g/mol. The zero-order valence-corrected chi connectivity index (χ0v) is 14.7. The van der Waals surface area contributed by atoms with Crippen LogP contribution in [0.2, 0.25) is 0 Å². The number of nitrogens with one attached hydrogen (secondary N) is 1. The molecule has 2 fully saturated rings. The van der Waals surface area contributed by atoms with Crippen molar-refractivity contribution in [3.05, 3.63) is 29.8 Å². The highest BCUT2D eigenvalue weighted by molar-refractivity contribution is 5.90. The first-order valence-corrected chi connectivity index (χ1v) is 8.98. The Labute approximate surface area is 144 Å². The van der Waals surface area contributed by atoms with E-state index < -0.39 is 0 Å². The van der Waals surface area contributed by atoms with Crippen molar-refractivity contribution >= 4 is 17.6 Å². The molecule has 2 aliphatic heterocycles. The van der Waals surface area contributed by atoms with Gasteiger partial charge < -0.3 is 15.1 Å². The van der Waals surface area contributed by atoms with E-state index in [1.165, 1.54) is 0 Å². The van der Waals surface area contributed by atoms with Gasteiger partial charge in [0, 0.05) is 31.7 Å². The number of carbonyl (C=O) groups is 2. The van der Waals surface area contributed by atoms with Crippen molar-refractivity contribution in [2.45, 2.75) is 51.5 Å². The van der Waals surface area contributed by atoms with Gasteiger partial charge in [-0.1, -0.05) is 18.2 Å². The molecule has 0 bridgehead atoms. The molecule has 1 spiro atoms. The van der Waals surface area contributed by atoms with Crippen molar-refractivity contribution in [3.63, 3.8) is 0 Å². The molecule has 1 atom stereocenters. The molecule has 5 heteroatoms. The predicted molar refractivity (Wildman–Crippen MR) is 95.0 cm³/mol. The number of urea groups is 1. The Kier molecular flexibility index (Phi) is 4.78. The van der Waals surface area contributed by atoms with Crippen molar-refractivity contribution in [1.82, 2.24) is 9.80 Å². The fourth-order valence-electron chi connectivity index (χ4n) is 4.23. The van der Waals surface area contributed by atoms with Crippen LogP contribution in [0.1, 0.15) is 44.6 Å².